The fraction of sp³-hybridized carbons (Fsp3) is 0.294. The van der Waals surface area contributed by atoms with Crippen LogP contribution in [0.3, 0.4) is 0 Å². The average molecular weight is 327 g/mol. The number of hydrogen-bond acceptors (Lipinski definition) is 2. The zero-order valence-corrected chi connectivity index (χ0v) is 13.2. The lowest BCUT2D eigenvalue weighted by Crippen LogP contribution is -2.31. The standard InChI is InChI=1S/C17H20F2N2.ClH/c18-16-10-15(11-17(19)12-16)13-21(9-7-20)8-6-14-4-2-1-3-5-14;/h1-5,10-12H,6-9,13,20H2;1H. The van der Waals surface area contributed by atoms with Crippen molar-refractivity contribution in [2.24, 2.45) is 5.73 Å². The van der Waals surface area contributed by atoms with E-state index in [1.54, 1.807) is 0 Å². The van der Waals surface area contributed by atoms with E-state index >= 15 is 0 Å². The first kappa shape index (κ1) is 18.6. The van der Waals surface area contributed by atoms with Gasteiger partial charge in [-0.2, -0.15) is 0 Å². The summed E-state index contributed by atoms with van der Waals surface area (Å²) < 4.78 is 26.5. The molecule has 2 rings (SSSR count). The largest absolute Gasteiger partial charge is 0.329 e. The lowest BCUT2D eigenvalue weighted by Gasteiger charge is -2.21. The van der Waals surface area contributed by atoms with Gasteiger partial charge in [-0.15, -0.1) is 12.4 Å². The molecule has 2 aromatic carbocycles. The molecule has 120 valence electrons. The van der Waals surface area contributed by atoms with E-state index in [0.29, 0.717) is 25.2 Å². The summed E-state index contributed by atoms with van der Waals surface area (Å²) in [5.41, 5.74) is 7.50. The Kier molecular flexibility index (Phi) is 8.02. The van der Waals surface area contributed by atoms with Crippen LogP contribution in [-0.4, -0.2) is 24.5 Å². The van der Waals surface area contributed by atoms with Crippen molar-refractivity contribution >= 4 is 12.4 Å². The number of rotatable bonds is 7. The molecule has 2 nitrogen and oxygen atoms in total. The number of benzene rings is 2. The van der Waals surface area contributed by atoms with E-state index in [1.807, 2.05) is 18.2 Å². The summed E-state index contributed by atoms with van der Waals surface area (Å²) in [6.45, 7) is 2.52. The Morgan fingerprint density at radius 1 is 0.864 bits per heavy atom. The van der Waals surface area contributed by atoms with Crippen LogP contribution in [0.1, 0.15) is 11.1 Å². The van der Waals surface area contributed by atoms with Gasteiger partial charge in [-0.05, 0) is 29.7 Å². The highest BCUT2D eigenvalue weighted by molar-refractivity contribution is 5.85. The van der Waals surface area contributed by atoms with E-state index in [9.17, 15) is 8.78 Å². The van der Waals surface area contributed by atoms with Gasteiger partial charge in [0.05, 0.1) is 0 Å². The van der Waals surface area contributed by atoms with Crippen LogP contribution >= 0.6 is 12.4 Å². The van der Waals surface area contributed by atoms with E-state index in [2.05, 4.69) is 17.0 Å². The Morgan fingerprint density at radius 2 is 1.50 bits per heavy atom. The topological polar surface area (TPSA) is 29.3 Å². The summed E-state index contributed by atoms with van der Waals surface area (Å²) >= 11 is 0. The molecule has 0 atom stereocenters. The quantitative estimate of drug-likeness (QED) is 0.845. The van der Waals surface area contributed by atoms with Crippen molar-refractivity contribution in [2.45, 2.75) is 13.0 Å². The lowest BCUT2D eigenvalue weighted by atomic mass is 10.1. The first-order valence-corrected chi connectivity index (χ1v) is 7.08. The molecule has 0 heterocycles. The highest BCUT2D eigenvalue weighted by Gasteiger charge is 2.08. The van der Waals surface area contributed by atoms with Crippen molar-refractivity contribution in [3.8, 4) is 0 Å². The first-order chi connectivity index (χ1) is 10.2. The molecule has 0 radical (unpaired) electrons. The number of hydrogen-bond donors (Lipinski definition) is 1. The summed E-state index contributed by atoms with van der Waals surface area (Å²) in [4.78, 5) is 2.11. The molecular formula is C17H21ClF2N2. The molecule has 5 heteroatoms. The van der Waals surface area contributed by atoms with E-state index in [1.165, 1.54) is 17.7 Å². The maximum atomic E-state index is 13.2. The maximum absolute atomic E-state index is 13.2. The smallest absolute Gasteiger partial charge is 0.126 e. The summed E-state index contributed by atoms with van der Waals surface area (Å²) in [5.74, 6) is -1.08. The molecule has 2 N–H and O–H groups in total. The van der Waals surface area contributed by atoms with Gasteiger partial charge >= 0.3 is 0 Å². The molecule has 0 unspecified atom stereocenters. The molecule has 2 aromatic rings. The Hall–Kier alpha value is -1.49. The highest BCUT2D eigenvalue weighted by atomic mass is 35.5. The highest BCUT2D eigenvalue weighted by Crippen LogP contribution is 2.11. The monoisotopic (exact) mass is 326 g/mol. The van der Waals surface area contributed by atoms with Crippen molar-refractivity contribution in [1.29, 1.82) is 0 Å². The summed E-state index contributed by atoms with van der Waals surface area (Å²) in [6, 6.07) is 13.8. The van der Waals surface area contributed by atoms with Gasteiger partial charge in [0.2, 0.25) is 0 Å². The van der Waals surface area contributed by atoms with Gasteiger partial charge in [0.15, 0.2) is 0 Å². The Labute approximate surface area is 136 Å². The number of nitrogens with zero attached hydrogens (tertiary/aromatic N) is 1. The van der Waals surface area contributed by atoms with Gasteiger partial charge in [0.25, 0.3) is 0 Å². The van der Waals surface area contributed by atoms with Crippen LogP contribution in [0.15, 0.2) is 48.5 Å². The van der Waals surface area contributed by atoms with Crippen molar-refractivity contribution in [3.63, 3.8) is 0 Å². The minimum Gasteiger partial charge on any atom is -0.329 e. The van der Waals surface area contributed by atoms with E-state index in [-0.39, 0.29) is 12.4 Å². The van der Waals surface area contributed by atoms with Crippen LogP contribution in [0.5, 0.6) is 0 Å². The molecular weight excluding hydrogens is 306 g/mol. The van der Waals surface area contributed by atoms with E-state index in [0.717, 1.165) is 19.0 Å². The molecule has 0 saturated heterocycles. The van der Waals surface area contributed by atoms with E-state index < -0.39 is 11.6 Å². The molecule has 22 heavy (non-hydrogen) atoms. The summed E-state index contributed by atoms with van der Waals surface area (Å²) in [5, 5.41) is 0. The van der Waals surface area contributed by atoms with Gasteiger partial charge in [0, 0.05) is 32.2 Å². The molecule has 0 saturated carbocycles. The Balaban J connectivity index is 0.00000242. The molecule has 0 aliphatic rings. The molecule has 0 fully saturated rings. The minimum atomic E-state index is -0.541. The van der Waals surface area contributed by atoms with E-state index in [4.69, 9.17) is 5.73 Å². The zero-order chi connectivity index (χ0) is 15.1. The van der Waals surface area contributed by atoms with Gasteiger partial charge in [-0.25, -0.2) is 8.78 Å². The van der Waals surface area contributed by atoms with Crippen LogP contribution in [0.25, 0.3) is 0 Å². The summed E-state index contributed by atoms with van der Waals surface area (Å²) in [7, 11) is 0. The van der Waals surface area contributed by atoms with Crippen molar-refractivity contribution in [2.75, 3.05) is 19.6 Å². The molecule has 0 aliphatic carbocycles. The molecule has 0 amide bonds. The van der Waals surface area contributed by atoms with Gasteiger partial charge in [0.1, 0.15) is 11.6 Å². The third-order valence-electron chi connectivity index (χ3n) is 3.33. The zero-order valence-electron chi connectivity index (χ0n) is 12.3. The molecule has 0 spiro atoms. The predicted octanol–water partition coefficient (Wildman–Crippen LogP) is 3.39. The van der Waals surface area contributed by atoms with Crippen LogP contribution in [0, 0.1) is 11.6 Å². The molecule has 0 aliphatic heterocycles. The van der Waals surface area contributed by atoms with Crippen molar-refractivity contribution in [1.82, 2.24) is 4.90 Å². The normalized spacial score (nSPS) is 10.5. The van der Waals surface area contributed by atoms with Crippen molar-refractivity contribution < 1.29 is 8.78 Å². The van der Waals surface area contributed by atoms with Crippen LogP contribution in [0.4, 0.5) is 8.78 Å². The second-order valence-corrected chi connectivity index (χ2v) is 5.08. The van der Waals surface area contributed by atoms with Crippen LogP contribution in [0.2, 0.25) is 0 Å². The Bertz CT molecular complexity index is 544. The lowest BCUT2D eigenvalue weighted by molar-refractivity contribution is 0.275. The second kappa shape index (κ2) is 9.51. The Morgan fingerprint density at radius 3 is 2.09 bits per heavy atom. The third-order valence-corrected chi connectivity index (χ3v) is 3.33. The average Bonchev–Trinajstić information content (AvgIpc) is 2.45. The van der Waals surface area contributed by atoms with Gasteiger partial charge < -0.3 is 5.73 Å². The predicted molar refractivity (Wildman–Crippen MR) is 88.1 cm³/mol. The summed E-state index contributed by atoms with van der Waals surface area (Å²) in [6.07, 6.45) is 0.888. The van der Waals surface area contributed by atoms with Crippen molar-refractivity contribution in [3.05, 3.63) is 71.3 Å². The second-order valence-electron chi connectivity index (χ2n) is 5.08. The number of halogens is 3. The third kappa shape index (κ3) is 6.10. The molecule has 0 bridgehead atoms. The maximum Gasteiger partial charge on any atom is 0.126 e. The fourth-order valence-corrected chi connectivity index (χ4v) is 2.34. The molecule has 0 aromatic heterocycles. The SMILES string of the molecule is Cl.NCCN(CCc1ccccc1)Cc1cc(F)cc(F)c1. The van der Waals surface area contributed by atoms with Gasteiger partial charge in [-0.1, -0.05) is 30.3 Å². The van der Waals surface area contributed by atoms with Crippen LogP contribution < -0.4 is 5.73 Å². The fourth-order valence-electron chi connectivity index (χ4n) is 2.34. The minimum absolute atomic E-state index is 0. The number of nitrogens with two attached hydrogens (primary N) is 1. The van der Waals surface area contributed by atoms with Crippen LogP contribution in [-0.2, 0) is 13.0 Å². The first-order valence-electron chi connectivity index (χ1n) is 7.08. The van der Waals surface area contributed by atoms with Gasteiger partial charge in [-0.3, -0.25) is 4.90 Å².